The summed E-state index contributed by atoms with van der Waals surface area (Å²) in [7, 11) is 0. The highest BCUT2D eigenvalue weighted by molar-refractivity contribution is 5.95. The van der Waals surface area contributed by atoms with Crippen LogP contribution in [0.5, 0.6) is 0 Å². The van der Waals surface area contributed by atoms with E-state index >= 15 is 0 Å². The quantitative estimate of drug-likeness (QED) is 0.757. The van der Waals surface area contributed by atoms with Gasteiger partial charge in [-0.1, -0.05) is 42.5 Å². The largest absolute Gasteiger partial charge is 0.341 e. The van der Waals surface area contributed by atoms with Crippen molar-refractivity contribution in [2.75, 3.05) is 0 Å². The van der Waals surface area contributed by atoms with Gasteiger partial charge in [-0.25, -0.2) is 4.98 Å². The average Bonchev–Trinajstić information content (AvgIpc) is 2.92. The Morgan fingerprint density at radius 2 is 1.81 bits per heavy atom. The van der Waals surface area contributed by atoms with E-state index in [1.165, 1.54) is 16.3 Å². The molecule has 0 bridgehead atoms. The van der Waals surface area contributed by atoms with Crippen molar-refractivity contribution in [1.82, 2.24) is 15.3 Å². The molecule has 3 aromatic rings. The van der Waals surface area contributed by atoms with Gasteiger partial charge in [-0.3, -0.25) is 0 Å². The summed E-state index contributed by atoms with van der Waals surface area (Å²) in [5, 5.41) is 5.94. The molecular weight excluding hydrogens is 258 g/mol. The SMILES string of the molecule is CC(C)(C)NCc1ncc(-c2cccc3ccccc23)[nH]1. The summed E-state index contributed by atoms with van der Waals surface area (Å²) in [5.41, 5.74) is 2.35. The molecule has 0 saturated carbocycles. The predicted molar refractivity (Wildman–Crippen MR) is 88.1 cm³/mol. The zero-order valence-corrected chi connectivity index (χ0v) is 12.8. The molecule has 0 aliphatic heterocycles. The summed E-state index contributed by atoms with van der Waals surface area (Å²) >= 11 is 0. The fraction of sp³-hybridized carbons (Fsp3) is 0.278. The molecule has 2 aromatic carbocycles. The van der Waals surface area contributed by atoms with Crippen molar-refractivity contribution in [2.24, 2.45) is 0 Å². The third-order valence-corrected chi connectivity index (χ3v) is 3.49. The van der Waals surface area contributed by atoms with Crippen molar-refractivity contribution in [1.29, 1.82) is 0 Å². The smallest absolute Gasteiger partial charge is 0.120 e. The van der Waals surface area contributed by atoms with Crippen LogP contribution in [0.4, 0.5) is 0 Å². The van der Waals surface area contributed by atoms with Gasteiger partial charge in [-0.2, -0.15) is 0 Å². The van der Waals surface area contributed by atoms with Gasteiger partial charge < -0.3 is 10.3 Å². The first-order valence-electron chi connectivity index (χ1n) is 7.30. The number of fused-ring (bicyclic) bond motifs is 1. The van der Waals surface area contributed by atoms with Crippen LogP contribution < -0.4 is 5.32 Å². The standard InChI is InChI=1S/C18H21N3/c1-18(2,3)20-12-17-19-11-16(21-17)15-10-6-8-13-7-4-5-9-14(13)15/h4-11,20H,12H2,1-3H3,(H,19,21). The molecule has 3 rings (SSSR count). The molecule has 3 heteroatoms. The van der Waals surface area contributed by atoms with Crippen molar-refractivity contribution < 1.29 is 0 Å². The molecule has 0 unspecified atom stereocenters. The van der Waals surface area contributed by atoms with E-state index in [-0.39, 0.29) is 5.54 Å². The first kappa shape index (κ1) is 13.8. The third kappa shape index (κ3) is 3.14. The molecule has 3 nitrogen and oxygen atoms in total. The zero-order valence-electron chi connectivity index (χ0n) is 12.8. The van der Waals surface area contributed by atoms with Gasteiger partial charge in [0.15, 0.2) is 0 Å². The highest BCUT2D eigenvalue weighted by atomic mass is 15.0. The van der Waals surface area contributed by atoms with Gasteiger partial charge >= 0.3 is 0 Å². The zero-order chi connectivity index (χ0) is 14.9. The molecule has 21 heavy (non-hydrogen) atoms. The molecule has 0 amide bonds. The molecule has 108 valence electrons. The van der Waals surface area contributed by atoms with Gasteiger partial charge in [0.1, 0.15) is 5.82 Å². The van der Waals surface area contributed by atoms with E-state index in [4.69, 9.17) is 0 Å². The Morgan fingerprint density at radius 1 is 1.05 bits per heavy atom. The van der Waals surface area contributed by atoms with E-state index in [2.05, 4.69) is 78.5 Å². The van der Waals surface area contributed by atoms with E-state index in [1.54, 1.807) is 0 Å². The van der Waals surface area contributed by atoms with Crippen molar-refractivity contribution in [3.8, 4) is 11.3 Å². The Morgan fingerprint density at radius 3 is 2.62 bits per heavy atom. The lowest BCUT2D eigenvalue weighted by Crippen LogP contribution is -2.35. The number of nitrogens with zero attached hydrogens (tertiary/aromatic N) is 1. The summed E-state index contributed by atoms with van der Waals surface area (Å²) < 4.78 is 0. The molecule has 0 fully saturated rings. The van der Waals surface area contributed by atoms with Crippen molar-refractivity contribution in [3.63, 3.8) is 0 Å². The van der Waals surface area contributed by atoms with Crippen LogP contribution >= 0.6 is 0 Å². The van der Waals surface area contributed by atoms with Crippen molar-refractivity contribution in [2.45, 2.75) is 32.9 Å². The van der Waals surface area contributed by atoms with Gasteiger partial charge in [0.05, 0.1) is 18.4 Å². The molecule has 0 atom stereocenters. The predicted octanol–water partition coefficient (Wildman–Crippen LogP) is 4.12. The maximum Gasteiger partial charge on any atom is 0.120 e. The highest BCUT2D eigenvalue weighted by Crippen LogP contribution is 2.27. The number of hydrogen-bond donors (Lipinski definition) is 2. The first-order chi connectivity index (χ1) is 10.0. The number of hydrogen-bond acceptors (Lipinski definition) is 2. The lowest BCUT2D eigenvalue weighted by atomic mass is 10.0. The Bertz CT molecular complexity index is 745. The van der Waals surface area contributed by atoms with Crippen LogP contribution in [-0.4, -0.2) is 15.5 Å². The minimum atomic E-state index is 0.0897. The van der Waals surface area contributed by atoms with Crippen LogP contribution in [0.25, 0.3) is 22.0 Å². The highest BCUT2D eigenvalue weighted by Gasteiger charge is 2.11. The van der Waals surface area contributed by atoms with Crippen LogP contribution in [-0.2, 0) is 6.54 Å². The Balaban J connectivity index is 1.92. The summed E-state index contributed by atoms with van der Waals surface area (Å²) in [6, 6.07) is 14.8. The Kier molecular flexibility index (Phi) is 3.52. The summed E-state index contributed by atoms with van der Waals surface area (Å²) in [6.07, 6.45) is 1.92. The summed E-state index contributed by atoms with van der Waals surface area (Å²) in [4.78, 5) is 7.90. The molecule has 0 aliphatic carbocycles. The van der Waals surface area contributed by atoms with Gasteiger partial charge in [0, 0.05) is 11.1 Å². The fourth-order valence-corrected chi connectivity index (χ4v) is 2.40. The van der Waals surface area contributed by atoms with E-state index < -0.39 is 0 Å². The maximum absolute atomic E-state index is 4.48. The Labute approximate surface area is 125 Å². The van der Waals surface area contributed by atoms with E-state index in [0.29, 0.717) is 0 Å². The number of rotatable bonds is 3. The van der Waals surface area contributed by atoms with E-state index in [9.17, 15) is 0 Å². The topological polar surface area (TPSA) is 40.7 Å². The van der Waals surface area contributed by atoms with E-state index in [0.717, 1.165) is 18.1 Å². The number of H-pyrrole nitrogens is 1. The second-order valence-electron chi connectivity index (χ2n) is 6.37. The number of nitrogens with one attached hydrogen (secondary N) is 2. The van der Waals surface area contributed by atoms with Crippen molar-refractivity contribution >= 4 is 10.8 Å². The van der Waals surface area contributed by atoms with Gasteiger partial charge in [0.2, 0.25) is 0 Å². The molecule has 1 aromatic heterocycles. The van der Waals surface area contributed by atoms with Gasteiger partial charge in [-0.05, 0) is 31.5 Å². The summed E-state index contributed by atoms with van der Waals surface area (Å²) in [5.74, 6) is 0.966. The van der Waals surface area contributed by atoms with Crippen molar-refractivity contribution in [3.05, 3.63) is 54.5 Å². The lowest BCUT2D eigenvalue weighted by molar-refractivity contribution is 0.418. The molecular formula is C18H21N3. The number of imidazole rings is 1. The molecule has 0 saturated heterocycles. The van der Waals surface area contributed by atoms with Crippen LogP contribution in [0.3, 0.4) is 0 Å². The molecule has 0 spiro atoms. The van der Waals surface area contributed by atoms with E-state index in [1.807, 2.05) is 6.20 Å². The molecule has 2 N–H and O–H groups in total. The molecule has 0 radical (unpaired) electrons. The van der Waals surface area contributed by atoms with Crippen LogP contribution in [0.15, 0.2) is 48.7 Å². The second-order valence-corrected chi connectivity index (χ2v) is 6.37. The van der Waals surface area contributed by atoms with Crippen LogP contribution in [0, 0.1) is 0 Å². The molecule has 0 aliphatic rings. The minimum Gasteiger partial charge on any atom is -0.341 e. The second kappa shape index (κ2) is 5.34. The van der Waals surface area contributed by atoms with Gasteiger partial charge in [-0.15, -0.1) is 0 Å². The Hall–Kier alpha value is -2.13. The number of aromatic amines is 1. The van der Waals surface area contributed by atoms with Crippen LogP contribution in [0.1, 0.15) is 26.6 Å². The summed E-state index contributed by atoms with van der Waals surface area (Å²) in [6.45, 7) is 7.21. The average molecular weight is 279 g/mol. The first-order valence-corrected chi connectivity index (χ1v) is 7.30. The maximum atomic E-state index is 4.48. The lowest BCUT2D eigenvalue weighted by Gasteiger charge is -2.19. The normalized spacial score (nSPS) is 12.0. The fourth-order valence-electron chi connectivity index (χ4n) is 2.40. The van der Waals surface area contributed by atoms with Crippen LogP contribution in [0.2, 0.25) is 0 Å². The third-order valence-electron chi connectivity index (χ3n) is 3.49. The number of benzene rings is 2. The van der Waals surface area contributed by atoms with Gasteiger partial charge in [0.25, 0.3) is 0 Å². The monoisotopic (exact) mass is 279 g/mol. The number of aromatic nitrogens is 2. The minimum absolute atomic E-state index is 0.0897. The molecule has 1 heterocycles.